The second kappa shape index (κ2) is 2.68. The van der Waals surface area contributed by atoms with Crippen molar-refractivity contribution in [1.82, 2.24) is 9.97 Å². The van der Waals surface area contributed by atoms with Crippen molar-refractivity contribution in [3.63, 3.8) is 0 Å². The molecule has 0 atom stereocenters. The maximum absolute atomic E-state index is 12.5. The predicted molar refractivity (Wildman–Crippen MR) is 47.2 cm³/mol. The fourth-order valence-corrected chi connectivity index (χ4v) is 1.65. The molecule has 0 saturated heterocycles. The van der Waals surface area contributed by atoms with Crippen LogP contribution in [-0.2, 0) is 10.2 Å². The van der Waals surface area contributed by atoms with Crippen LogP contribution in [0, 0.1) is 0 Å². The van der Waals surface area contributed by atoms with Crippen molar-refractivity contribution in [3.05, 3.63) is 28.7 Å². The zero-order valence-corrected chi connectivity index (χ0v) is 7.56. The molecule has 0 amide bonds. The van der Waals surface area contributed by atoms with Crippen molar-refractivity contribution in [2.45, 2.75) is 4.90 Å². The summed E-state index contributed by atoms with van der Waals surface area (Å²) in [4.78, 5) is 15.1. The molecule has 5 nitrogen and oxygen atoms in total. The van der Waals surface area contributed by atoms with Crippen molar-refractivity contribution in [2.24, 2.45) is 0 Å². The van der Waals surface area contributed by atoms with Gasteiger partial charge in [-0.25, -0.2) is 4.79 Å². The van der Waals surface area contributed by atoms with Crippen LogP contribution in [0.2, 0.25) is 0 Å². The predicted octanol–water partition coefficient (Wildman–Crippen LogP) is 0.514. The Kier molecular flexibility index (Phi) is 1.71. The minimum Gasteiger partial charge on any atom is -0.306 e. The molecule has 0 saturated carbocycles. The van der Waals surface area contributed by atoms with Crippen molar-refractivity contribution < 1.29 is 12.3 Å². The van der Waals surface area contributed by atoms with E-state index in [2.05, 4.69) is 9.97 Å². The number of halogens is 1. The van der Waals surface area contributed by atoms with E-state index in [1.165, 1.54) is 6.07 Å². The quantitative estimate of drug-likeness (QED) is 0.681. The van der Waals surface area contributed by atoms with Crippen LogP contribution in [0.3, 0.4) is 0 Å². The monoisotopic (exact) mass is 216 g/mol. The smallest absolute Gasteiger partial charge is 0.306 e. The fraction of sp³-hybridized carbons (Fsp3) is 0. The number of nitrogens with one attached hydrogen (secondary N) is 2. The summed E-state index contributed by atoms with van der Waals surface area (Å²) >= 11 is 0. The normalized spacial score (nSPS) is 12.1. The number of imidazole rings is 1. The summed E-state index contributed by atoms with van der Waals surface area (Å²) in [5, 5.41) is 0. The van der Waals surface area contributed by atoms with Gasteiger partial charge >= 0.3 is 15.9 Å². The maximum Gasteiger partial charge on any atom is 0.332 e. The summed E-state index contributed by atoms with van der Waals surface area (Å²) in [6, 6.07) is 3.46. The molecule has 0 bridgehead atoms. The molecule has 2 aromatic rings. The van der Waals surface area contributed by atoms with E-state index in [0.717, 1.165) is 12.1 Å². The number of H-pyrrole nitrogens is 2. The molecule has 14 heavy (non-hydrogen) atoms. The van der Waals surface area contributed by atoms with Gasteiger partial charge in [-0.1, -0.05) is 0 Å². The van der Waals surface area contributed by atoms with Crippen molar-refractivity contribution in [2.75, 3.05) is 0 Å². The summed E-state index contributed by atoms with van der Waals surface area (Å²) in [6.07, 6.45) is 0. The molecule has 2 rings (SSSR count). The third-order valence-corrected chi connectivity index (χ3v) is 2.59. The standard InChI is InChI=1S/C7H5FN2O3S/c8-14(12,13)4-1-2-5-6(3-4)10-7(11)9-5/h1-3H,(H2,9,10,11). The molecule has 1 heterocycles. The molecule has 0 unspecified atom stereocenters. The lowest BCUT2D eigenvalue weighted by atomic mass is 10.3. The number of aromatic nitrogens is 2. The molecule has 0 aliphatic heterocycles. The van der Waals surface area contributed by atoms with Gasteiger partial charge in [-0.05, 0) is 18.2 Å². The van der Waals surface area contributed by atoms with Gasteiger partial charge < -0.3 is 9.97 Å². The Morgan fingerprint density at radius 2 is 1.79 bits per heavy atom. The minimum absolute atomic E-state index is 0.258. The topological polar surface area (TPSA) is 82.8 Å². The molecule has 7 heteroatoms. The number of rotatable bonds is 1. The Hall–Kier alpha value is -1.63. The molecule has 1 aromatic carbocycles. The highest BCUT2D eigenvalue weighted by Crippen LogP contribution is 2.16. The molecule has 0 radical (unpaired) electrons. The van der Waals surface area contributed by atoms with Crippen molar-refractivity contribution >= 4 is 21.3 Å². The maximum atomic E-state index is 12.5. The third kappa shape index (κ3) is 1.41. The Bertz CT molecular complexity index is 640. The van der Waals surface area contributed by atoms with E-state index in [1.807, 2.05) is 0 Å². The lowest BCUT2D eigenvalue weighted by Crippen LogP contribution is -1.99. The number of benzene rings is 1. The summed E-state index contributed by atoms with van der Waals surface area (Å²) in [5.41, 5.74) is 0.226. The molecular weight excluding hydrogens is 211 g/mol. The van der Waals surface area contributed by atoms with Gasteiger partial charge in [-0.15, -0.1) is 3.89 Å². The first-order valence-electron chi connectivity index (χ1n) is 3.63. The first kappa shape index (κ1) is 8.95. The van der Waals surface area contributed by atoms with Crippen LogP contribution in [-0.4, -0.2) is 18.4 Å². The Morgan fingerprint density at radius 1 is 1.14 bits per heavy atom. The van der Waals surface area contributed by atoms with E-state index < -0.39 is 20.8 Å². The number of hydrogen-bond acceptors (Lipinski definition) is 3. The largest absolute Gasteiger partial charge is 0.332 e. The van der Waals surface area contributed by atoms with Gasteiger partial charge in [0.1, 0.15) is 4.90 Å². The second-order valence-corrected chi connectivity index (χ2v) is 4.07. The fourth-order valence-electron chi connectivity index (χ4n) is 1.16. The molecule has 0 fully saturated rings. The average Bonchev–Trinajstić information content (AvgIpc) is 2.41. The Labute approximate surface area is 77.8 Å². The number of hydrogen-bond donors (Lipinski definition) is 2. The van der Waals surface area contributed by atoms with Gasteiger partial charge in [-0.2, -0.15) is 8.42 Å². The van der Waals surface area contributed by atoms with Gasteiger partial charge in [0.2, 0.25) is 0 Å². The summed E-state index contributed by atoms with van der Waals surface area (Å²) in [6.45, 7) is 0. The van der Waals surface area contributed by atoms with Crippen LogP contribution in [0.15, 0.2) is 27.9 Å². The van der Waals surface area contributed by atoms with E-state index in [1.54, 1.807) is 0 Å². The first-order valence-corrected chi connectivity index (χ1v) is 5.02. The number of aromatic amines is 2. The summed E-state index contributed by atoms with van der Waals surface area (Å²) in [7, 11) is -4.72. The van der Waals surface area contributed by atoms with Gasteiger partial charge in [-0.3, -0.25) is 0 Å². The zero-order valence-electron chi connectivity index (χ0n) is 6.74. The van der Waals surface area contributed by atoms with E-state index in [0.29, 0.717) is 5.52 Å². The minimum atomic E-state index is -4.72. The molecular formula is C7H5FN2O3S. The van der Waals surface area contributed by atoms with Crippen LogP contribution < -0.4 is 5.69 Å². The summed E-state index contributed by atoms with van der Waals surface area (Å²) < 4.78 is 33.6. The molecule has 0 aliphatic carbocycles. The van der Waals surface area contributed by atoms with Crippen molar-refractivity contribution in [1.29, 1.82) is 0 Å². The zero-order chi connectivity index (χ0) is 10.3. The number of fused-ring (bicyclic) bond motifs is 1. The van der Waals surface area contributed by atoms with E-state index >= 15 is 0 Å². The Morgan fingerprint density at radius 3 is 2.43 bits per heavy atom. The van der Waals surface area contributed by atoms with Gasteiger partial charge in [0.15, 0.2) is 0 Å². The highest BCUT2D eigenvalue weighted by Gasteiger charge is 2.12. The van der Waals surface area contributed by atoms with Crippen LogP contribution in [0.5, 0.6) is 0 Å². The molecule has 2 N–H and O–H groups in total. The van der Waals surface area contributed by atoms with E-state index in [4.69, 9.17) is 0 Å². The van der Waals surface area contributed by atoms with Crippen LogP contribution in [0.1, 0.15) is 0 Å². The first-order chi connectivity index (χ1) is 6.47. The van der Waals surface area contributed by atoms with E-state index in [-0.39, 0.29) is 5.52 Å². The highest BCUT2D eigenvalue weighted by molar-refractivity contribution is 7.86. The van der Waals surface area contributed by atoms with E-state index in [9.17, 15) is 17.1 Å². The second-order valence-electron chi connectivity index (χ2n) is 2.72. The van der Waals surface area contributed by atoms with Crippen LogP contribution in [0.4, 0.5) is 3.89 Å². The SMILES string of the molecule is O=c1[nH]c2ccc(S(=O)(=O)F)cc2[nH]1. The lowest BCUT2D eigenvalue weighted by molar-refractivity contribution is 0.552. The van der Waals surface area contributed by atoms with Gasteiger partial charge in [0.05, 0.1) is 11.0 Å². The highest BCUT2D eigenvalue weighted by atomic mass is 32.3. The molecule has 1 aromatic heterocycles. The Balaban J connectivity index is 2.80. The summed E-state index contributed by atoms with van der Waals surface area (Å²) in [5.74, 6) is 0. The van der Waals surface area contributed by atoms with Crippen LogP contribution >= 0.6 is 0 Å². The molecule has 0 aliphatic rings. The van der Waals surface area contributed by atoms with Crippen molar-refractivity contribution in [3.8, 4) is 0 Å². The molecule has 74 valence electrons. The third-order valence-electron chi connectivity index (χ3n) is 1.77. The van der Waals surface area contributed by atoms with Gasteiger partial charge in [0, 0.05) is 0 Å². The lowest BCUT2D eigenvalue weighted by Gasteiger charge is -1.93. The van der Waals surface area contributed by atoms with Gasteiger partial charge in [0.25, 0.3) is 0 Å². The molecule has 0 spiro atoms. The van der Waals surface area contributed by atoms with Crippen LogP contribution in [0.25, 0.3) is 11.0 Å². The average molecular weight is 216 g/mol.